The molecule has 0 spiro atoms. The second kappa shape index (κ2) is 12.7. The highest BCUT2D eigenvalue weighted by molar-refractivity contribution is 7.92. The Bertz CT molecular complexity index is 1550. The summed E-state index contributed by atoms with van der Waals surface area (Å²) >= 11 is 6.12. The van der Waals surface area contributed by atoms with E-state index in [2.05, 4.69) is 31.1 Å². The maximum Gasteiger partial charge on any atom is 0.327 e. The van der Waals surface area contributed by atoms with Crippen molar-refractivity contribution in [2.75, 3.05) is 22.0 Å². The lowest BCUT2D eigenvalue weighted by molar-refractivity contribution is -0.153. The van der Waals surface area contributed by atoms with E-state index in [1.807, 2.05) is 0 Å². The molecule has 2 aromatic carbocycles. The number of aryl methyl sites for hydroxylation is 1. The number of anilines is 2. The Morgan fingerprint density at radius 2 is 1.81 bits per heavy atom. The number of benzene rings is 2. The van der Waals surface area contributed by atoms with Crippen molar-refractivity contribution in [3.63, 3.8) is 0 Å². The van der Waals surface area contributed by atoms with Gasteiger partial charge in [0.15, 0.2) is 5.82 Å². The number of imidazole rings is 1. The molecule has 12 heteroatoms. The molecule has 1 aliphatic rings. The van der Waals surface area contributed by atoms with E-state index in [-0.39, 0.29) is 28.3 Å². The highest BCUT2D eigenvalue weighted by Crippen LogP contribution is 2.36. The smallest absolute Gasteiger partial charge is 0.327 e. The van der Waals surface area contributed by atoms with Gasteiger partial charge in [0.2, 0.25) is 0 Å². The third kappa shape index (κ3) is 6.73. The van der Waals surface area contributed by atoms with E-state index in [9.17, 15) is 18.0 Å². The number of amides is 1. The fourth-order valence-corrected chi connectivity index (χ4v) is 7.04. The van der Waals surface area contributed by atoms with Crippen LogP contribution in [0.15, 0.2) is 53.4 Å². The number of nitrogens with two attached hydrogens (primary N) is 1. The van der Waals surface area contributed by atoms with Gasteiger partial charge in [-0.25, -0.2) is 22.4 Å². The summed E-state index contributed by atoms with van der Waals surface area (Å²) < 4.78 is 36.1. The van der Waals surface area contributed by atoms with E-state index in [4.69, 9.17) is 22.2 Å². The second-order valence-corrected chi connectivity index (χ2v) is 13.5. The fraction of sp³-hybridized carbons (Fsp3) is 0.433. The van der Waals surface area contributed by atoms with E-state index in [1.165, 1.54) is 28.9 Å². The molecular formula is C30H38ClN5O5S. The lowest BCUT2D eigenvalue weighted by Crippen LogP contribution is -2.41. The van der Waals surface area contributed by atoms with Gasteiger partial charge in [-0.3, -0.25) is 9.59 Å². The third-order valence-electron chi connectivity index (χ3n) is 7.87. The predicted octanol–water partition coefficient (Wildman–Crippen LogP) is 5.32. The molecule has 0 radical (unpaired) electrons. The van der Waals surface area contributed by atoms with Crippen LogP contribution >= 0.6 is 11.6 Å². The number of nitrogens with one attached hydrogen (secondary N) is 1. The highest BCUT2D eigenvalue weighted by Gasteiger charge is 2.36. The minimum Gasteiger partial charge on any atom is -0.461 e. The van der Waals surface area contributed by atoms with Crippen LogP contribution in [-0.4, -0.2) is 42.6 Å². The minimum atomic E-state index is -4.29. The van der Waals surface area contributed by atoms with Crippen molar-refractivity contribution >= 4 is 45.0 Å². The van der Waals surface area contributed by atoms with Crippen LogP contribution in [0.1, 0.15) is 61.9 Å². The molecule has 4 rings (SSSR count). The van der Waals surface area contributed by atoms with Gasteiger partial charge < -0.3 is 15.9 Å². The molecule has 3 N–H and O–H groups in total. The van der Waals surface area contributed by atoms with Gasteiger partial charge in [-0.05, 0) is 80.8 Å². The number of rotatable bonds is 9. The van der Waals surface area contributed by atoms with Crippen LogP contribution in [0.5, 0.6) is 0 Å². The molecule has 0 saturated heterocycles. The molecule has 1 amide bonds. The standard InChI is InChI=1S/C30H38ClN5O5S/c1-18(2)24-15-10-19(3)16-27(24)41-28(37)17-35(29-20(4)36(32)21(5)33-29)42(39,40)23-13-11-22(12-14-23)34-30(38)25-8-6-7-9-26(25)31/h6-9,11-14,18-19,24,27H,10,15-17,32H2,1-5H3,(H,34,38)/t19-,24-,27+/m0/s1. The van der Waals surface area contributed by atoms with Gasteiger partial charge in [-0.15, -0.1) is 0 Å². The molecule has 42 heavy (non-hydrogen) atoms. The number of halogens is 1. The third-order valence-corrected chi connectivity index (χ3v) is 9.95. The Hall–Kier alpha value is -3.57. The second-order valence-electron chi connectivity index (χ2n) is 11.3. The summed E-state index contributed by atoms with van der Waals surface area (Å²) in [6, 6.07) is 12.3. The van der Waals surface area contributed by atoms with Gasteiger partial charge in [0.25, 0.3) is 15.9 Å². The molecule has 3 aromatic rings. The van der Waals surface area contributed by atoms with Crippen molar-refractivity contribution in [2.45, 2.75) is 64.9 Å². The lowest BCUT2D eigenvalue weighted by atomic mass is 9.75. The summed E-state index contributed by atoms with van der Waals surface area (Å²) in [5, 5.41) is 3.01. The molecule has 3 atom stereocenters. The van der Waals surface area contributed by atoms with E-state index in [0.717, 1.165) is 23.6 Å². The Kier molecular flexibility index (Phi) is 9.52. The molecule has 0 unspecified atom stereocenters. The number of ether oxygens (including phenoxy) is 1. The molecule has 10 nitrogen and oxygen atoms in total. The minimum absolute atomic E-state index is 0.0421. The van der Waals surface area contributed by atoms with Crippen LogP contribution < -0.4 is 15.5 Å². The number of sulfonamides is 1. The van der Waals surface area contributed by atoms with E-state index >= 15 is 0 Å². The first kappa shape index (κ1) is 31.4. The summed E-state index contributed by atoms with van der Waals surface area (Å²) in [6.45, 7) is 9.06. The average molecular weight is 616 g/mol. The Morgan fingerprint density at radius 3 is 2.40 bits per heavy atom. The van der Waals surface area contributed by atoms with E-state index in [1.54, 1.807) is 38.1 Å². The SMILES string of the molecule is Cc1nc(N(CC(=O)O[C@@H]2C[C@@H](C)CC[C@H]2C(C)C)S(=O)(=O)c2ccc(NC(=O)c3ccccc3Cl)cc2)c(C)n1N. The number of carbonyl (C=O) groups excluding carboxylic acids is 2. The van der Waals surface area contributed by atoms with Crippen LogP contribution in [0.4, 0.5) is 11.5 Å². The quantitative estimate of drug-likeness (QED) is 0.246. The lowest BCUT2D eigenvalue weighted by Gasteiger charge is -2.37. The van der Waals surface area contributed by atoms with Crippen molar-refractivity contribution in [1.82, 2.24) is 9.66 Å². The molecule has 1 heterocycles. The van der Waals surface area contributed by atoms with Crippen LogP contribution in [0.25, 0.3) is 0 Å². The van der Waals surface area contributed by atoms with Crippen molar-refractivity contribution < 1.29 is 22.7 Å². The molecule has 1 aliphatic carbocycles. The van der Waals surface area contributed by atoms with Crippen molar-refractivity contribution in [2.24, 2.45) is 17.8 Å². The van der Waals surface area contributed by atoms with E-state index in [0.29, 0.717) is 34.1 Å². The highest BCUT2D eigenvalue weighted by atomic mass is 35.5. The summed E-state index contributed by atoms with van der Waals surface area (Å²) in [4.78, 5) is 30.3. The van der Waals surface area contributed by atoms with Gasteiger partial charge in [0.05, 0.1) is 21.2 Å². The zero-order chi connectivity index (χ0) is 30.8. The Labute approximate surface area is 252 Å². The number of hydrogen-bond donors (Lipinski definition) is 2. The number of hydrogen-bond acceptors (Lipinski definition) is 7. The maximum absolute atomic E-state index is 14.0. The van der Waals surface area contributed by atoms with Gasteiger partial charge in [0, 0.05) is 5.69 Å². The van der Waals surface area contributed by atoms with Gasteiger partial charge >= 0.3 is 5.97 Å². The monoisotopic (exact) mass is 615 g/mol. The molecule has 0 bridgehead atoms. The summed E-state index contributed by atoms with van der Waals surface area (Å²) in [6.07, 6.45) is 2.46. The normalized spacial score (nSPS) is 19.0. The zero-order valence-electron chi connectivity index (χ0n) is 24.5. The predicted molar refractivity (Wildman–Crippen MR) is 163 cm³/mol. The van der Waals surface area contributed by atoms with Crippen LogP contribution in [0.3, 0.4) is 0 Å². The number of esters is 1. The molecule has 226 valence electrons. The molecule has 1 saturated carbocycles. The molecule has 1 fully saturated rings. The molecular weight excluding hydrogens is 578 g/mol. The molecule has 1 aromatic heterocycles. The number of aromatic nitrogens is 2. The van der Waals surface area contributed by atoms with Crippen molar-refractivity contribution in [3.8, 4) is 0 Å². The average Bonchev–Trinajstić information content (AvgIpc) is 3.18. The fourth-order valence-electron chi connectivity index (χ4n) is 5.40. The number of nitrogens with zero attached hydrogens (tertiary/aromatic N) is 3. The first-order chi connectivity index (χ1) is 19.8. The van der Waals surface area contributed by atoms with Gasteiger partial charge in [-0.2, -0.15) is 0 Å². The zero-order valence-corrected chi connectivity index (χ0v) is 26.1. The molecule has 0 aliphatic heterocycles. The summed E-state index contributed by atoms with van der Waals surface area (Å²) in [5.41, 5.74) is 1.03. The number of nitrogen functional groups attached to an aromatic ring is 1. The maximum atomic E-state index is 14.0. The van der Waals surface area contributed by atoms with E-state index < -0.39 is 28.4 Å². The first-order valence-electron chi connectivity index (χ1n) is 14.0. The Balaban J connectivity index is 1.60. The van der Waals surface area contributed by atoms with Gasteiger partial charge in [0.1, 0.15) is 18.5 Å². The largest absolute Gasteiger partial charge is 0.461 e. The van der Waals surface area contributed by atoms with Crippen LogP contribution in [0, 0.1) is 31.6 Å². The number of carbonyl (C=O) groups is 2. The summed E-state index contributed by atoms with van der Waals surface area (Å²) in [7, 11) is -4.29. The topological polar surface area (TPSA) is 137 Å². The first-order valence-corrected chi connectivity index (χ1v) is 15.8. The van der Waals surface area contributed by atoms with Crippen LogP contribution in [-0.2, 0) is 19.6 Å². The summed E-state index contributed by atoms with van der Waals surface area (Å²) in [5.74, 6) is 6.34. The Morgan fingerprint density at radius 1 is 1.14 bits per heavy atom. The van der Waals surface area contributed by atoms with Crippen LogP contribution in [0.2, 0.25) is 5.02 Å². The van der Waals surface area contributed by atoms with Gasteiger partial charge in [-0.1, -0.05) is 50.9 Å². The van der Waals surface area contributed by atoms with Crippen molar-refractivity contribution in [1.29, 1.82) is 0 Å². The van der Waals surface area contributed by atoms with Crippen molar-refractivity contribution in [3.05, 3.63) is 70.6 Å².